The number of ether oxygens (including phenoxy) is 1. The van der Waals surface area contributed by atoms with Gasteiger partial charge in [0, 0.05) is 36.6 Å². The number of thiophene rings is 1. The molecule has 1 aliphatic heterocycles. The highest BCUT2D eigenvalue weighted by Gasteiger charge is 2.27. The molecule has 0 radical (unpaired) electrons. The molecule has 1 fully saturated rings. The van der Waals surface area contributed by atoms with E-state index < -0.39 is 0 Å². The van der Waals surface area contributed by atoms with Gasteiger partial charge < -0.3 is 10.1 Å². The van der Waals surface area contributed by atoms with Crippen molar-refractivity contribution in [3.63, 3.8) is 0 Å². The standard InChI is InChI=1S/C16H19FN2OS.2ClH/c1-20-12-4-5-14(17)13(11-12)16(15-3-2-10-21-15)19-8-6-18-7-9-19;;/h2-5,10-11,16,18H,6-9H2,1H3;2*1H/t16-;;/m1../s1. The second-order valence-corrected chi connectivity index (χ2v) is 6.07. The largest absolute Gasteiger partial charge is 0.497 e. The maximum absolute atomic E-state index is 14.4. The predicted molar refractivity (Wildman–Crippen MR) is 98.1 cm³/mol. The zero-order chi connectivity index (χ0) is 14.7. The van der Waals surface area contributed by atoms with Crippen LogP contribution in [0.5, 0.6) is 5.75 Å². The zero-order valence-corrected chi connectivity index (χ0v) is 15.3. The van der Waals surface area contributed by atoms with Crippen LogP contribution in [0.2, 0.25) is 0 Å². The minimum Gasteiger partial charge on any atom is -0.497 e. The van der Waals surface area contributed by atoms with Gasteiger partial charge in [0.2, 0.25) is 0 Å². The molecule has 1 N–H and O–H groups in total. The van der Waals surface area contributed by atoms with E-state index >= 15 is 0 Å². The Labute approximate surface area is 152 Å². The molecular weight excluding hydrogens is 358 g/mol. The van der Waals surface area contributed by atoms with Gasteiger partial charge in [0.1, 0.15) is 11.6 Å². The average Bonchev–Trinajstić information content (AvgIpc) is 3.04. The Morgan fingerprint density at radius 1 is 1.22 bits per heavy atom. The van der Waals surface area contributed by atoms with E-state index in [1.165, 1.54) is 10.9 Å². The van der Waals surface area contributed by atoms with Gasteiger partial charge >= 0.3 is 0 Å². The van der Waals surface area contributed by atoms with Gasteiger partial charge in [-0.1, -0.05) is 6.07 Å². The second kappa shape index (κ2) is 9.45. The van der Waals surface area contributed by atoms with Gasteiger partial charge in [-0.3, -0.25) is 4.90 Å². The third kappa shape index (κ3) is 4.58. The molecule has 0 aliphatic carbocycles. The highest BCUT2D eigenvalue weighted by atomic mass is 35.5. The predicted octanol–water partition coefficient (Wildman–Crippen LogP) is 3.73. The fourth-order valence-electron chi connectivity index (χ4n) is 2.78. The Hall–Kier alpha value is -0.850. The maximum Gasteiger partial charge on any atom is 0.128 e. The molecule has 0 bridgehead atoms. The summed E-state index contributed by atoms with van der Waals surface area (Å²) >= 11 is 1.67. The molecule has 0 unspecified atom stereocenters. The van der Waals surface area contributed by atoms with Crippen LogP contribution in [0.3, 0.4) is 0 Å². The summed E-state index contributed by atoms with van der Waals surface area (Å²) in [4.78, 5) is 3.50. The Balaban J connectivity index is 0.00000132. The maximum atomic E-state index is 14.4. The minimum atomic E-state index is -0.173. The molecule has 3 rings (SSSR count). The molecule has 0 saturated carbocycles. The SMILES string of the molecule is COc1ccc(F)c([C@H](c2cccs2)N2CCNCC2)c1.Cl.Cl. The van der Waals surface area contributed by atoms with Crippen molar-refractivity contribution in [3.8, 4) is 5.75 Å². The van der Waals surface area contributed by atoms with Gasteiger partial charge in [-0.15, -0.1) is 36.2 Å². The first-order valence-corrected chi connectivity index (χ1v) is 7.99. The lowest BCUT2D eigenvalue weighted by Gasteiger charge is -2.35. The van der Waals surface area contributed by atoms with Crippen molar-refractivity contribution in [3.05, 3.63) is 52.0 Å². The Bertz CT molecular complexity index is 592. The number of halogens is 3. The van der Waals surface area contributed by atoms with E-state index in [1.54, 1.807) is 24.5 Å². The average molecular weight is 379 g/mol. The van der Waals surface area contributed by atoms with Gasteiger partial charge in [0.15, 0.2) is 0 Å². The minimum absolute atomic E-state index is 0. The van der Waals surface area contributed by atoms with Crippen LogP contribution in [0, 0.1) is 5.82 Å². The van der Waals surface area contributed by atoms with Crippen molar-refractivity contribution >= 4 is 36.2 Å². The zero-order valence-electron chi connectivity index (χ0n) is 12.8. The lowest BCUT2D eigenvalue weighted by molar-refractivity contribution is 0.197. The topological polar surface area (TPSA) is 24.5 Å². The first kappa shape index (κ1) is 20.2. The van der Waals surface area contributed by atoms with Crippen molar-refractivity contribution in [2.75, 3.05) is 33.3 Å². The summed E-state index contributed by atoms with van der Waals surface area (Å²) in [6.07, 6.45) is 0. The van der Waals surface area contributed by atoms with Gasteiger partial charge in [0.05, 0.1) is 13.2 Å². The van der Waals surface area contributed by atoms with Crippen LogP contribution in [-0.2, 0) is 0 Å². The Morgan fingerprint density at radius 2 is 1.96 bits per heavy atom. The monoisotopic (exact) mass is 378 g/mol. The van der Waals surface area contributed by atoms with E-state index in [-0.39, 0.29) is 36.7 Å². The summed E-state index contributed by atoms with van der Waals surface area (Å²) in [5, 5.41) is 5.39. The number of benzene rings is 1. The molecule has 1 aliphatic rings. The van der Waals surface area contributed by atoms with E-state index in [4.69, 9.17) is 4.74 Å². The molecule has 23 heavy (non-hydrogen) atoms. The molecule has 3 nitrogen and oxygen atoms in total. The van der Waals surface area contributed by atoms with Crippen LogP contribution >= 0.6 is 36.2 Å². The van der Waals surface area contributed by atoms with Crippen LogP contribution in [0.4, 0.5) is 4.39 Å². The molecule has 2 aromatic rings. The molecule has 0 spiro atoms. The van der Waals surface area contributed by atoms with Gasteiger partial charge in [-0.05, 0) is 29.6 Å². The van der Waals surface area contributed by atoms with Crippen LogP contribution in [0.25, 0.3) is 0 Å². The van der Waals surface area contributed by atoms with Crippen molar-refractivity contribution in [1.82, 2.24) is 10.2 Å². The number of rotatable bonds is 4. The fourth-order valence-corrected chi connectivity index (χ4v) is 3.65. The number of hydrogen-bond acceptors (Lipinski definition) is 4. The van der Waals surface area contributed by atoms with Crippen LogP contribution in [0.1, 0.15) is 16.5 Å². The fraction of sp³-hybridized carbons (Fsp3) is 0.375. The van der Waals surface area contributed by atoms with Gasteiger partial charge in [-0.25, -0.2) is 4.39 Å². The third-order valence-electron chi connectivity index (χ3n) is 3.83. The molecule has 128 valence electrons. The molecule has 0 amide bonds. The highest BCUT2D eigenvalue weighted by Crippen LogP contribution is 2.35. The van der Waals surface area contributed by atoms with Crippen LogP contribution in [-0.4, -0.2) is 38.2 Å². The van der Waals surface area contributed by atoms with E-state index in [1.807, 2.05) is 17.5 Å². The van der Waals surface area contributed by atoms with Crippen molar-refractivity contribution < 1.29 is 9.13 Å². The molecule has 2 heterocycles. The first-order valence-electron chi connectivity index (χ1n) is 7.11. The van der Waals surface area contributed by atoms with Crippen LogP contribution < -0.4 is 10.1 Å². The van der Waals surface area contributed by atoms with E-state index in [9.17, 15) is 4.39 Å². The van der Waals surface area contributed by atoms with Gasteiger partial charge in [0.25, 0.3) is 0 Å². The third-order valence-corrected chi connectivity index (χ3v) is 4.75. The molecule has 7 heteroatoms. The highest BCUT2D eigenvalue weighted by molar-refractivity contribution is 7.10. The van der Waals surface area contributed by atoms with E-state index in [0.29, 0.717) is 11.3 Å². The normalized spacial score (nSPS) is 16.1. The summed E-state index contributed by atoms with van der Waals surface area (Å²) in [7, 11) is 1.61. The lowest BCUT2D eigenvalue weighted by Crippen LogP contribution is -2.45. The van der Waals surface area contributed by atoms with Gasteiger partial charge in [-0.2, -0.15) is 0 Å². The second-order valence-electron chi connectivity index (χ2n) is 5.09. The summed E-state index contributed by atoms with van der Waals surface area (Å²) in [6, 6.07) is 9.05. The Kier molecular flexibility index (Phi) is 8.29. The number of piperazine rings is 1. The quantitative estimate of drug-likeness (QED) is 0.876. The van der Waals surface area contributed by atoms with Crippen molar-refractivity contribution in [2.24, 2.45) is 0 Å². The summed E-state index contributed by atoms with van der Waals surface area (Å²) in [5.41, 5.74) is 0.693. The molecule has 1 aromatic heterocycles. The van der Waals surface area contributed by atoms with E-state index in [2.05, 4.69) is 16.3 Å². The summed E-state index contributed by atoms with van der Waals surface area (Å²) in [6.45, 7) is 3.71. The number of hydrogen-bond donors (Lipinski definition) is 1. The summed E-state index contributed by atoms with van der Waals surface area (Å²) in [5.74, 6) is 0.524. The molecule has 1 saturated heterocycles. The first-order chi connectivity index (χ1) is 10.3. The van der Waals surface area contributed by atoms with Crippen LogP contribution in [0.15, 0.2) is 35.7 Å². The smallest absolute Gasteiger partial charge is 0.128 e. The lowest BCUT2D eigenvalue weighted by atomic mass is 10.0. The number of methoxy groups -OCH3 is 1. The Morgan fingerprint density at radius 3 is 2.57 bits per heavy atom. The summed E-state index contributed by atoms with van der Waals surface area (Å²) < 4.78 is 19.7. The molecule has 1 atom stereocenters. The number of nitrogens with zero attached hydrogens (tertiary/aromatic N) is 1. The van der Waals surface area contributed by atoms with Crippen molar-refractivity contribution in [1.29, 1.82) is 0 Å². The number of nitrogens with one attached hydrogen (secondary N) is 1. The van der Waals surface area contributed by atoms with E-state index in [0.717, 1.165) is 26.2 Å². The molecular formula is C16H21Cl2FN2OS. The molecule has 1 aromatic carbocycles. The van der Waals surface area contributed by atoms with Crippen molar-refractivity contribution in [2.45, 2.75) is 6.04 Å².